The Morgan fingerprint density at radius 1 is 0.893 bits per heavy atom. The Bertz CT molecular complexity index is 599. The summed E-state index contributed by atoms with van der Waals surface area (Å²) < 4.78 is 4.97. The first-order chi connectivity index (χ1) is 12.7. The SMILES string of the molecule is CC(C)[C@H](NC(=O)CNC(=O)CNC(=O)OC(C)(C)C)C(=O)N[C@@H](C)C(=O)O. The predicted octanol–water partition coefficient (Wildman–Crippen LogP) is -0.643. The number of alkyl carbamates (subject to hydrolysis) is 1. The first-order valence-electron chi connectivity index (χ1n) is 8.79. The van der Waals surface area contributed by atoms with Gasteiger partial charge in [-0.1, -0.05) is 13.8 Å². The molecule has 2 atom stereocenters. The van der Waals surface area contributed by atoms with Crippen molar-refractivity contribution in [3.05, 3.63) is 0 Å². The minimum atomic E-state index is -1.20. The van der Waals surface area contributed by atoms with Gasteiger partial charge in [-0.15, -0.1) is 0 Å². The third kappa shape index (κ3) is 11.0. The van der Waals surface area contributed by atoms with Crippen LogP contribution in [0.25, 0.3) is 0 Å². The Balaban J connectivity index is 4.45. The number of ether oxygens (including phenoxy) is 1. The van der Waals surface area contributed by atoms with Gasteiger partial charge in [0.2, 0.25) is 17.7 Å². The smallest absolute Gasteiger partial charge is 0.408 e. The first kappa shape index (κ1) is 25.1. The number of carboxylic acid groups (broad SMARTS) is 1. The molecule has 0 aromatic carbocycles. The summed E-state index contributed by atoms with van der Waals surface area (Å²) in [5, 5.41) is 18.1. The third-order valence-electron chi connectivity index (χ3n) is 3.23. The van der Waals surface area contributed by atoms with Gasteiger partial charge >= 0.3 is 12.1 Å². The van der Waals surface area contributed by atoms with Crippen molar-refractivity contribution in [1.29, 1.82) is 0 Å². The lowest BCUT2D eigenvalue weighted by Gasteiger charge is -2.23. The number of amides is 4. The van der Waals surface area contributed by atoms with Crippen molar-refractivity contribution < 1.29 is 33.8 Å². The molecule has 11 heteroatoms. The highest BCUT2D eigenvalue weighted by atomic mass is 16.6. The molecule has 0 aliphatic carbocycles. The molecular formula is C17H30N4O7. The monoisotopic (exact) mass is 402 g/mol. The van der Waals surface area contributed by atoms with E-state index < -0.39 is 54.0 Å². The lowest BCUT2D eigenvalue weighted by molar-refractivity contribution is -0.142. The van der Waals surface area contributed by atoms with Crippen LogP contribution in [0.2, 0.25) is 0 Å². The number of carboxylic acids is 1. The van der Waals surface area contributed by atoms with Crippen LogP contribution in [0.3, 0.4) is 0 Å². The summed E-state index contributed by atoms with van der Waals surface area (Å²) in [6, 6.07) is -2.07. The largest absolute Gasteiger partial charge is 0.480 e. The highest BCUT2D eigenvalue weighted by molar-refractivity contribution is 5.92. The first-order valence-corrected chi connectivity index (χ1v) is 8.79. The van der Waals surface area contributed by atoms with Crippen LogP contribution < -0.4 is 21.3 Å². The summed E-state index contributed by atoms with van der Waals surface area (Å²) in [6.07, 6.45) is -0.767. The van der Waals surface area contributed by atoms with Crippen molar-refractivity contribution in [2.45, 2.75) is 59.2 Å². The maximum Gasteiger partial charge on any atom is 0.408 e. The molecule has 0 fully saturated rings. The van der Waals surface area contributed by atoms with E-state index in [-0.39, 0.29) is 12.5 Å². The second-order valence-electron chi connectivity index (χ2n) is 7.49. The molecule has 160 valence electrons. The van der Waals surface area contributed by atoms with Gasteiger partial charge in [0, 0.05) is 0 Å². The van der Waals surface area contributed by atoms with Gasteiger partial charge in [-0.25, -0.2) is 4.79 Å². The number of carbonyl (C=O) groups excluding carboxylic acids is 4. The summed E-state index contributed by atoms with van der Waals surface area (Å²) in [4.78, 5) is 58.1. The Hall–Kier alpha value is -2.85. The zero-order valence-electron chi connectivity index (χ0n) is 17.0. The lowest BCUT2D eigenvalue weighted by Crippen LogP contribution is -2.54. The van der Waals surface area contributed by atoms with Gasteiger partial charge in [0.15, 0.2) is 0 Å². The van der Waals surface area contributed by atoms with E-state index in [1.54, 1.807) is 34.6 Å². The Kier molecular flexibility index (Phi) is 9.97. The minimum absolute atomic E-state index is 0.311. The van der Waals surface area contributed by atoms with E-state index in [1.807, 2.05) is 0 Å². The maximum absolute atomic E-state index is 12.1. The summed E-state index contributed by atoms with van der Waals surface area (Å²) >= 11 is 0. The molecule has 0 heterocycles. The van der Waals surface area contributed by atoms with Crippen molar-refractivity contribution >= 4 is 29.8 Å². The summed E-state index contributed by atoms with van der Waals surface area (Å²) in [6.45, 7) is 8.89. The standard InChI is InChI=1S/C17H30N4O7/c1-9(2)13(14(24)20-10(3)15(25)26)21-12(23)8-18-11(22)7-19-16(27)28-17(4,5)6/h9-10,13H,7-8H2,1-6H3,(H,18,22)(H,19,27)(H,20,24)(H,21,23)(H,25,26)/t10-,13-/m0/s1. The molecule has 0 saturated carbocycles. The predicted molar refractivity (Wildman–Crippen MR) is 99.3 cm³/mol. The number of hydrogen-bond acceptors (Lipinski definition) is 6. The van der Waals surface area contributed by atoms with Crippen LogP contribution in [0.1, 0.15) is 41.5 Å². The van der Waals surface area contributed by atoms with E-state index in [0.29, 0.717) is 0 Å². The number of hydrogen-bond donors (Lipinski definition) is 5. The Morgan fingerprint density at radius 2 is 1.43 bits per heavy atom. The summed E-state index contributed by atoms with van der Waals surface area (Å²) in [5.74, 6) is -3.41. The molecule has 28 heavy (non-hydrogen) atoms. The van der Waals surface area contributed by atoms with E-state index in [9.17, 15) is 24.0 Å². The van der Waals surface area contributed by atoms with Crippen molar-refractivity contribution in [2.24, 2.45) is 5.92 Å². The topological polar surface area (TPSA) is 163 Å². The van der Waals surface area contributed by atoms with Crippen molar-refractivity contribution in [3.8, 4) is 0 Å². The number of carbonyl (C=O) groups is 5. The molecule has 0 aromatic rings. The van der Waals surface area contributed by atoms with E-state index in [1.165, 1.54) is 6.92 Å². The van der Waals surface area contributed by atoms with Gasteiger partial charge < -0.3 is 31.1 Å². The van der Waals surface area contributed by atoms with Crippen LogP contribution >= 0.6 is 0 Å². The molecule has 0 saturated heterocycles. The van der Waals surface area contributed by atoms with Gasteiger partial charge in [0.1, 0.15) is 24.2 Å². The fraction of sp³-hybridized carbons (Fsp3) is 0.706. The lowest BCUT2D eigenvalue weighted by atomic mass is 10.0. The highest BCUT2D eigenvalue weighted by Gasteiger charge is 2.26. The van der Waals surface area contributed by atoms with Crippen LogP contribution in [0.5, 0.6) is 0 Å². The maximum atomic E-state index is 12.1. The molecule has 0 unspecified atom stereocenters. The number of aliphatic carboxylic acids is 1. The van der Waals surface area contributed by atoms with E-state index in [4.69, 9.17) is 9.84 Å². The number of nitrogens with one attached hydrogen (secondary N) is 4. The van der Waals surface area contributed by atoms with Gasteiger partial charge in [-0.3, -0.25) is 19.2 Å². The van der Waals surface area contributed by atoms with Crippen LogP contribution in [-0.2, 0) is 23.9 Å². The van der Waals surface area contributed by atoms with Gasteiger partial charge in [-0.05, 0) is 33.6 Å². The molecule has 4 amide bonds. The number of rotatable bonds is 9. The molecule has 0 spiro atoms. The van der Waals surface area contributed by atoms with Crippen LogP contribution in [0, 0.1) is 5.92 Å². The Labute approximate surface area is 163 Å². The van der Waals surface area contributed by atoms with E-state index >= 15 is 0 Å². The van der Waals surface area contributed by atoms with Crippen LogP contribution in [0.15, 0.2) is 0 Å². The molecule has 11 nitrogen and oxygen atoms in total. The molecule has 0 aliphatic rings. The van der Waals surface area contributed by atoms with Gasteiger partial charge in [-0.2, -0.15) is 0 Å². The minimum Gasteiger partial charge on any atom is -0.480 e. The Morgan fingerprint density at radius 3 is 1.89 bits per heavy atom. The second kappa shape index (κ2) is 11.1. The van der Waals surface area contributed by atoms with Gasteiger partial charge in [0.25, 0.3) is 0 Å². The quantitative estimate of drug-likeness (QED) is 0.342. The molecule has 5 N–H and O–H groups in total. The molecule has 0 bridgehead atoms. The zero-order valence-corrected chi connectivity index (χ0v) is 17.0. The summed E-state index contributed by atoms with van der Waals surface area (Å²) in [5.41, 5.74) is -0.703. The van der Waals surface area contributed by atoms with Crippen molar-refractivity contribution in [2.75, 3.05) is 13.1 Å². The summed E-state index contributed by atoms with van der Waals surface area (Å²) in [7, 11) is 0. The fourth-order valence-corrected chi connectivity index (χ4v) is 1.83. The van der Waals surface area contributed by atoms with E-state index in [0.717, 1.165) is 0 Å². The van der Waals surface area contributed by atoms with Crippen molar-refractivity contribution in [1.82, 2.24) is 21.3 Å². The van der Waals surface area contributed by atoms with Crippen LogP contribution in [-0.4, -0.2) is 65.7 Å². The molecule has 0 aromatic heterocycles. The molecular weight excluding hydrogens is 372 g/mol. The normalized spacial score (nSPS) is 13.1. The second-order valence-corrected chi connectivity index (χ2v) is 7.49. The molecule has 0 rings (SSSR count). The van der Waals surface area contributed by atoms with Crippen molar-refractivity contribution in [3.63, 3.8) is 0 Å². The zero-order chi connectivity index (χ0) is 22.1. The molecule has 0 aliphatic heterocycles. The fourth-order valence-electron chi connectivity index (χ4n) is 1.83. The third-order valence-corrected chi connectivity index (χ3v) is 3.23. The van der Waals surface area contributed by atoms with Gasteiger partial charge in [0.05, 0.1) is 6.54 Å². The average molecular weight is 402 g/mol. The average Bonchev–Trinajstić information content (AvgIpc) is 2.53. The molecule has 0 radical (unpaired) electrons. The van der Waals surface area contributed by atoms with E-state index in [2.05, 4.69) is 21.3 Å². The van der Waals surface area contributed by atoms with Crippen LogP contribution in [0.4, 0.5) is 4.79 Å². The highest BCUT2D eigenvalue weighted by Crippen LogP contribution is 2.06.